The van der Waals surface area contributed by atoms with Crippen molar-refractivity contribution in [1.29, 1.82) is 0 Å². The Labute approximate surface area is 151 Å². The Morgan fingerprint density at radius 3 is 2.31 bits per heavy atom. The van der Waals surface area contributed by atoms with E-state index in [4.69, 9.17) is 14.5 Å². The van der Waals surface area contributed by atoms with Gasteiger partial charge in [-0.1, -0.05) is 24.3 Å². The zero-order chi connectivity index (χ0) is 17.9. The molecule has 4 rings (SSSR count). The molecular formula is C20H18N4O2. The molecule has 130 valence electrons. The Bertz CT molecular complexity index is 1060. The minimum absolute atomic E-state index is 0.556. The molecule has 0 saturated heterocycles. The zero-order valence-corrected chi connectivity index (χ0v) is 14.6. The lowest BCUT2D eigenvalue weighted by atomic mass is 10.3. The van der Waals surface area contributed by atoms with Crippen molar-refractivity contribution in [2.75, 3.05) is 14.2 Å². The molecule has 0 fully saturated rings. The van der Waals surface area contributed by atoms with E-state index in [2.05, 4.69) is 14.5 Å². The summed E-state index contributed by atoms with van der Waals surface area (Å²) in [6.07, 6.45) is 0. The van der Waals surface area contributed by atoms with Gasteiger partial charge in [-0.3, -0.25) is 0 Å². The average Bonchev–Trinajstić information content (AvgIpc) is 3.07. The second-order valence-electron chi connectivity index (χ2n) is 5.75. The summed E-state index contributed by atoms with van der Waals surface area (Å²) >= 11 is 0. The molecule has 6 heteroatoms. The molecule has 0 N–H and O–H groups in total. The molecular weight excluding hydrogens is 328 g/mol. The molecule has 3 heterocycles. The van der Waals surface area contributed by atoms with Gasteiger partial charge in [0.05, 0.1) is 37.5 Å². The number of benzene rings is 1. The molecule has 0 unspecified atom stereocenters. The molecule has 1 aromatic carbocycles. The van der Waals surface area contributed by atoms with Crippen molar-refractivity contribution in [1.82, 2.24) is 19.5 Å². The van der Waals surface area contributed by atoms with E-state index >= 15 is 0 Å². The number of hydrogen-bond acceptors (Lipinski definition) is 5. The van der Waals surface area contributed by atoms with Crippen LogP contribution in [0.1, 0.15) is 5.69 Å². The number of imidazole rings is 1. The van der Waals surface area contributed by atoms with Crippen molar-refractivity contribution < 1.29 is 9.47 Å². The minimum Gasteiger partial charge on any atom is -0.481 e. The highest BCUT2D eigenvalue weighted by atomic mass is 16.5. The van der Waals surface area contributed by atoms with Crippen LogP contribution in [0.2, 0.25) is 0 Å². The van der Waals surface area contributed by atoms with E-state index in [-0.39, 0.29) is 0 Å². The fourth-order valence-corrected chi connectivity index (χ4v) is 2.91. The predicted molar refractivity (Wildman–Crippen MR) is 99.4 cm³/mol. The molecule has 0 bridgehead atoms. The van der Waals surface area contributed by atoms with Gasteiger partial charge >= 0.3 is 0 Å². The topological polar surface area (TPSA) is 62.1 Å². The molecule has 0 radical (unpaired) electrons. The van der Waals surface area contributed by atoms with Gasteiger partial charge in [-0.25, -0.2) is 15.0 Å². The van der Waals surface area contributed by atoms with E-state index in [1.54, 1.807) is 14.2 Å². The molecule has 0 aliphatic heterocycles. The van der Waals surface area contributed by atoms with E-state index in [0.717, 1.165) is 28.2 Å². The van der Waals surface area contributed by atoms with Gasteiger partial charge in [-0.15, -0.1) is 0 Å². The van der Waals surface area contributed by atoms with E-state index in [0.29, 0.717) is 18.3 Å². The molecule has 0 saturated carbocycles. The number of fused-ring (bicyclic) bond motifs is 1. The predicted octanol–water partition coefficient (Wildman–Crippen LogP) is 3.56. The van der Waals surface area contributed by atoms with Gasteiger partial charge in [0.25, 0.3) is 0 Å². The van der Waals surface area contributed by atoms with Crippen LogP contribution < -0.4 is 9.47 Å². The molecule has 4 aromatic rings. The van der Waals surface area contributed by atoms with Gasteiger partial charge in [-0.05, 0) is 24.3 Å². The van der Waals surface area contributed by atoms with E-state index < -0.39 is 0 Å². The highest BCUT2D eigenvalue weighted by Crippen LogP contribution is 2.26. The lowest BCUT2D eigenvalue weighted by Crippen LogP contribution is -2.05. The summed E-state index contributed by atoms with van der Waals surface area (Å²) in [4.78, 5) is 13.9. The molecule has 3 aromatic heterocycles. The summed E-state index contributed by atoms with van der Waals surface area (Å²) in [5, 5.41) is 0. The lowest BCUT2D eigenvalue weighted by Gasteiger charge is -2.10. The molecule has 6 nitrogen and oxygen atoms in total. The molecule has 26 heavy (non-hydrogen) atoms. The number of para-hydroxylation sites is 2. The number of hydrogen-bond donors (Lipinski definition) is 0. The second kappa shape index (κ2) is 6.84. The van der Waals surface area contributed by atoms with E-state index in [9.17, 15) is 0 Å². The fraction of sp³-hybridized carbons (Fsp3) is 0.150. The second-order valence-corrected chi connectivity index (χ2v) is 5.75. The maximum Gasteiger partial charge on any atom is 0.213 e. The van der Waals surface area contributed by atoms with Crippen LogP contribution >= 0.6 is 0 Å². The number of rotatable bonds is 5. The summed E-state index contributed by atoms with van der Waals surface area (Å²) in [6.45, 7) is 0.561. The maximum atomic E-state index is 5.26. The molecule has 0 atom stereocenters. The molecule has 0 amide bonds. The van der Waals surface area contributed by atoms with Crippen LogP contribution in [0.25, 0.3) is 22.6 Å². The van der Waals surface area contributed by atoms with Crippen molar-refractivity contribution in [3.8, 4) is 23.3 Å². The Morgan fingerprint density at radius 2 is 1.50 bits per heavy atom. The van der Waals surface area contributed by atoms with Gasteiger partial charge in [0.2, 0.25) is 11.8 Å². The van der Waals surface area contributed by atoms with Gasteiger partial charge in [0, 0.05) is 12.1 Å². The lowest BCUT2D eigenvalue weighted by molar-refractivity contribution is 0.396. The van der Waals surface area contributed by atoms with Crippen LogP contribution in [0.3, 0.4) is 0 Å². The van der Waals surface area contributed by atoms with Gasteiger partial charge in [-0.2, -0.15) is 0 Å². The fourth-order valence-electron chi connectivity index (χ4n) is 2.91. The average molecular weight is 346 g/mol. The van der Waals surface area contributed by atoms with Crippen molar-refractivity contribution >= 4 is 11.0 Å². The standard InChI is InChI=1S/C20H18N4O2/c1-25-18-11-5-7-14(21-18)13-24-17-10-4-3-8-15(17)23-20(24)16-9-6-12-19(22-16)26-2/h3-12H,13H2,1-2H3. The summed E-state index contributed by atoms with van der Waals surface area (Å²) in [5.41, 5.74) is 3.58. The van der Waals surface area contributed by atoms with Crippen molar-refractivity contribution in [2.24, 2.45) is 0 Å². The number of methoxy groups -OCH3 is 2. The van der Waals surface area contributed by atoms with Crippen LogP contribution in [0.5, 0.6) is 11.8 Å². The number of nitrogens with zero attached hydrogens (tertiary/aromatic N) is 4. The highest BCUT2D eigenvalue weighted by Gasteiger charge is 2.15. The van der Waals surface area contributed by atoms with Crippen molar-refractivity contribution in [3.63, 3.8) is 0 Å². The molecule has 0 spiro atoms. The summed E-state index contributed by atoms with van der Waals surface area (Å²) in [6, 6.07) is 19.4. The molecule has 0 aliphatic carbocycles. The van der Waals surface area contributed by atoms with Crippen LogP contribution in [-0.2, 0) is 6.54 Å². The van der Waals surface area contributed by atoms with Crippen molar-refractivity contribution in [3.05, 3.63) is 66.4 Å². The summed E-state index contributed by atoms with van der Waals surface area (Å²) in [7, 11) is 3.22. The largest absolute Gasteiger partial charge is 0.481 e. The normalized spacial score (nSPS) is 10.8. The monoisotopic (exact) mass is 346 g/mol. The van der Waals surface area contributed by atoms with E-state index in [1.807, 2.05) is 60.7 Å². The summed E-state index contributed by atoms with van der Waals surface area (Å²) < 4.78 is 12.6. The van der Waals surface area contributed by atoms with E-state index in [1.165, 1.54) is 0 Å². The smallest absolute Gasteiger partial charge is 0.213 e. The first-order valence-corrected chi connectivity index (χ1v) is 8.25. The van der Waals surface area contributed by atoms with Crippen molar-refractivity contribution in [2.45, 2.75) is 6.54 Å². The quantitative estimate of drug-likeness (QED) is 0.553. The zero-order valence-electron chi connectivity index (χ0n) is 14.6. The van der Waals surface area contributed by atoms with Crippen LogP contribution in [0, 0.1) is 0 Å². The first-order valence-electron chi connectivity index (χ1n) is 8.25. The number of ether oxygens (including phenoxy) is 2. The van der Waals surface area contributed by atoms with Crippen LogP contribution in [0.4, 0.5) is 0 Å². The van der Waals surface area contributed by atoms with Gasteiger partial charge in [0.1, 0.15) is 5.69 Å². The van der Waals surface area contributed by atoms with Gasteiger partial charge in [0.15, 0.2) is 5.82 Å². The highest BCUT2D eigenvalue weighted by molar-refractivity contribution is 5.80. The SMILES string of the molecule is COc1cccc(Cn2c(-c3cccc(OC)n3)nc3ccccc32)n1. The first-order chi connectivity index (χ1) is 12.8. The summed E-state index contributed by atoms with van der Waals surface area (Å²) in [5.74, 6) is 1.92. The number of pyridine rings is 2. The third-order valence-corrected chi connectivity index (χ3v) is 4.13. The maximum absolute atomic E-state index is 5.26. The molecule has 0 aliphatic rings. The Morgan fingerprint density at radius 1 is 0.769 bits per heavy atom. The number of aromatic nitrogens is 4. The van der Waals surface area contributed by atoms with Crippen LogP contribution in [0.15, 0.2) is 60.7 Å². The third kappa shape index (κ3) is 2.97. The first kappa shape index (κ1) is 16.1. The Balaban J connectivity index is 1.86. The Hall–Kier alpha value is -3.41. The Kier molecular flexibility index (Phi) is 4.23. The minimum atomic E-state index is 0.556. The van der Waals surface area contributed by atoms with Crippen LogP contribution in [-0.4, -0.2) is 33.7 Å². The van der Waals surface area contributed by atoms with Gasteiger partial charge < -0.3 is 14.0 Å². The third-order valence-electron chi connectivity index (χ3n) is 4.13.